The van der Waals surface area contributed by atoms with Crippen LogP contribution in [0.25, 0.3) is 0 Å². The highest BCUT2D eigenvalue weighted by Crippen LogP contribution is 2.19. The Hall–Kier alpha value is -2.04. The van der Waals surface area contributed by atoms with Gasteiger partial charge < -0.3 is 16.0 Å². The zero-order valence-corrected chi connectivity index (χ0v) is 15.5. The Labute approximate surface area is 145 Å². The fourth-order valence-electron chi connectivity index (χ4n) is 2.67. The molecule has 0 spiro atoms. The van der Waals surface area contributed by atoms with Crippen LogP contribution in [0.4, 0.5) is 4.79 Å². The summed E-state index contributed by atoms with van der Waals surface area (Å²) < 4.78 is 0. The molecule has 0 heterocycles. The van der Waals surface area contributed by atoms with E-state index in [9.17, 15) is 9.59 Å². The quantitative estimate of drug-likeness (QED) is 0.683. The molecule has 0 radical (unpaired) electrons. The van der Waals surface area contributed by atoms with Crippen molar-refractivity contribution in [2.24, 2.45) is 0 Å². The first kappa shape index (κ1) is 20.0. The Balaban J connectivity index is 2.78. The van der Waals surface area contributed by atoms with Crippen molar-refractivity contribution in [2.45, 2.75) is 66.0 Å². The van der Waals surface area contributed by atoms with Crippen LogP contribution in [0.2, 0.25) is 0 Å². The van der Waals surface area contributed by atoms with Gasteiger partial charge in [-0.25, -0.2) is 4.79 Å². The molecular weight excluding hydrogens is 302 g/mol. The van der Waals surface area contributed by atoms with Crippen LogP contribution in [0.3, 0.4) is 0 Å². The van der Waals surface area contributed by atoms with Crippen molar-refractivity contribution in [3.8, 4) is 0 Å². The standard InChI is InChI=1S/C19H31N3O2/c1-6-8-9-17(22-19(24)20-7-2)18(23)21-15(5)16-12-13(3)10-11-14(16)4/h10-12,15,17H,6-9H2,1-5H3,(H,21,23)(H2,20,22,24)/t15-,17-/m0/s1. The zero-order valence-electron chi connectivity index (χ0n) is 15.5. The number of hydrogen-bond donors (Lipinski definition) is 3. The summed E-state index contributed by atoms with van der Waals surface area (Å²) in [6, 6.07) is 5.32. The van der Waals surface area contributed by atoms with Crippen molar-refractivity contribution in [3.05, 3.63) is 34.9 Å². The van der Waals surface area contributed by atoms with E-state index in [1.54, 1.807) is 0 Å². The third-order valence-electron chi connectivity index (χ3n) is 4.07. The van der Waals surface area contributed by atoms with E-state index in [0.717, 1.165) is 24.0 Å². The van der Waals surface area contributed by atoms with E-state index in [-0.39, 0.29) is 18.0 Å². The summed E-state index contributed by atoms with van der Waals surface area (Å²) in [7, 11) is 0. The van der Waals surface area contributed by atoms with Gasteiger partial charge in [-0.3, -0.25) is 4.79 Å². The zero-order chi connectivity index (χ0) is 18.1. The molecule has 0 aliphatic heterocycles. The minimum Gasteiger partial charge on any atom is -0.348 e. The summed E-state index contributed by atoms with van der Waals surface area (Å²) in [5.41, 5.74) is 3.42. The Morgan fingerprint density at radius 2 is 1.83 bits per heavy atom. The second-order valence-electron chi connectivity index (χ2n) is 6.29. The van der Waals surface area contributed by atoms with Crippen molar-refractivity contribution < 1.29 is 9.59 Å². The van der Waals surface area contributed by atoms with Gasteiger partial charge in [-0.2, -0.15) is 0 Å². The molecule has 0 saturated heterocycles. The number of hydrogen-bond acceptors (Lipinski definition) is 2. The summed E-state index contributed by atoms with van der Waals surface area (Å²) in [6.45, 7) is 10.5. The van der Waals surface area contributed by atoms with Gasteiger partial charge in [0, 0.05) is 6.54 Å². The van der Waals surface area contributed by atoms with Crippen molar-refractivity contribution in [1.82, 2.24) is 16.0 Å². The van der Waals surface area contributed by atoms with Gasteiger partial charge in [-0.15, -0.1) is 0 Å². The lowest BCUT2D eigenvalue weighted by atomic mass is 9.99. The molecule has 0 aliphatic rings. The average Bonchev–Trinajstić information content (AvgIpc) is 2.53. The Bertz CT molecular complexity index is 558. The molecule has 0 unspecified atom stereocenters. The van der Waals surface area contributed by atoms with Crippen molar-refractivity contribution in [1.29, 1.82) is 0 Å². The number of aryl methyl sites for hydroxylation is 2. The van der Waals surface area contributed by atoms with Crippen LogP contribution in [-0.4, -0.2) is 24.5 Å². The van der Waals surface area contributed by atoms with E-state index in [1.165, 1.54) is 5.56 Å². The highest BCUT2D eigenvalue weighted by atomic mass is 16.2. The molecule has 0 fully saturated rings. The molecule has 5 heteroatoms. The average molecular weight is 333 g/mol. The smallest absolute Gasteiger partial charge is 0.315 e. The van der Waals surface area contributed by atoms with Crippen LogP contribution in [0.1, 0.15) is 62.8 Å². The summed E-state index contributed by atoms with van der Waals surface area (Å²) in [5.74, 6) is -0.136. The number of nitrogens with one attached hydrogen (secondary N) is 3. The number of amides is 3. The molecular formula is C19H31N3O2. The maximum atomic E-state index is 12.6. The van der Waals surface area contributed by atoms with Gasteiger partial charge in [-0.1, -0.05) is 43.5 Å². The number of carbonyl (C=O) groups is 2. The van der Waals surface area contributed by atoms with E-state index in [2.05, 4.69) is 41.1 Å². The Kier molecular flexibility index (Phi) is 8.30. The van der Waals surface area contributed by atoms with E-state index < -0.39 is 6.04 Å². The number of benzene rings is 1. The van der Waals surface area contributed by atoms with E-state index in [1.807, 2.05) is 27.7 Å². The molecule has 1 aromatic carbocycles. The van der Waals surface area contributed by atoms with Gasteiger partial charge in [0.15, 0.2) is 0 Å². The Morgan fingerprint density at radius 1 is 1.12 bits per heavy atom. The first-order chi connectivity index (χ1) is 11.4. The first-order valence-corrected chi connectivity index (χ1v) is 8.80. The molecule has 0 aromatic heterocycles. The largest absolute Gasteiger partial charge is 0.348 e. The highest BCUT2D eigenvalue weighted by molar-refractivity contribution is 5.87. The third-order valence-corrected chi connectivity index (χ3v) is 4.07. The second-order valence-corrected chi connectivity index (χ2v) is 6.29. The molecule has 3 N–H and O–H groups in total. The van der Waals surface area contributed by atoms with E-state index in [4.69, 9.17) is 0 Å². The molecule has 0 aliphatic carbocycles. The van der Waals surface area contributed by atoms with Crippen LogP contribution in [0, 0.1) is 13.8 Å². The van der Waals surface area contributed by atoms with E-state index >= 15 is 0 Å². The maximum Gasteiger partial charge on any atom is 0.315 e. The lowest BCUT2D eigenvalue weighted by molar-refractivity contribution is -0.123. The van der Waals surface area contributed by atoms with Crippen LogP contribution in [0.15, 0.2) is 18.2 Å². The summed E-state index contributed by atoms with van der Waals surface area (Å²) in [5, 5.41) is 8.49. The minimum atomic E-state index is -0.510. The maximum absolute atomic E-state index is 12.6. The van der Waals surface area contributed by atoms with Gasteiger partial charge in [0.05, 0.1) is 6.04 Å². The molecule has 3 amide bonds. The molecule has 134 valence electrons. The first-order valence-electron chi connectivity index (χ1n) is 8.80. The molecule has 0 bridgehead atoms. The summed E-state index contributed by atoms with van der Waals surface area (Å²) in [6.07, 6.45) is 2.51. The lowest BCUT2D eigenvalue weighted by Gasteiger charge is -2.23. The molecule has 1 rings (SSSR count). The van der Waals surface area contributed by atoms with Crippen molar-refractivity contribution in [2.75, 3.05) is 6.54 Å². The normalized spacial score (nSPS) is 13.0. The van der Waals surface area contributed by atoms with Gasteiger partial charge in [0.1, 0.15) is 6.04 Å². The fourth-order valence-corrected chi connectivity index (χ4v) is 2.67. The van der Waals surface area contributed by atoms with Crippen molar-refractivity contribution >= 4 is 11.9 Å². The number of unbranched alkanes of at least 4 members (excludes halogenated alkanes) is 1. The molecule has 0 saturated carbocycles. The molecule has 24 heavy (non-hydrogen) atoms. The van der Waals surface area contributed by atoms with Gasteiger partial charge in [0.25, 0.3) is 0 Å². The van der Waals surface area contributed by atoms with E-state index in [0.29, 0.717) is 13.0 Å². The Morgan fingerprint density at radius 3 is 2.46 bits per heavy atom. The molecule has 2 atom stereocenters. The topological polar surface area (TPSA) is 70.2 Å². The third kappa shape index (κ3) is 6.22. The van der Waals surface area contributed by atoms with Crippen LogP contribution in [-0.2, 0) is 4.79 Å². The predicted molar refractivity (Wildman–Crippen MR) is 98.0 cm³/mol. The number of rotatable bonds is 8. The minimum absolute atomic E-state index is 0.0995. The van der Waals surface area contributed by atoms with Crippen LogP contribution >= 0.6 is 0 Å². The summed E-state index contributed by atoms with van der Waals surface area (Å²) in [4.78, 5) is 24.4. The van der Waals surface area contributed by atoms with Crippen LogP contribution < -0.4 is 16.0 Å². The predicted octanol–water partition coefficient (Wildman–Crippen LogP) is 3.36. The summed E-state index contributed by atoms with van der Waals surface area (Å²) >= 11 is 0. The number of carbonyl (C=O) groups excluding carboxylic acids is 2. The SMILES string of the molecule is CCCC[C@H](NC(=O)NCC)C(=O)N[C@@H](C)c1cc(C)ccc1C. The highest BCUT2D eigenvalue weighted by Gasteiger charge is 2.22. The second kappa shape index (κ2) is 9.96. The van der Waals surface area contributed by atoms with Gasteiger partial charge in [0.2, 0.25) is 5.91 Å². The monoisotopic (exact) mass is 333 g/mol. The van der Waals surface area contributed by atoms with Crippen LogP contribution in [0.5, 0.6) is 0 Å². The van der Waals surface area contributed by atoms with Gasteiger partial charge in [-0.05, 0) is 45.2 Å². The van der Waals surface area contributed by atoms with Crippen molar-refractivity contribution in [3.63, 3.8) is 0 Å². The van der Waals surface area contributed by atoms with Gasteiger partial charge >= 0.3 is 6.03 Å². The fraction of sp³-hybridized carbons (Fsp3) is 0.579. The molecule has 5 nitrogen and oxygen atoms in total. The lowest BCUT2D eigenvalue weighted by Crippen LogP contribution is -2.50. The number of urea groups is 1. The molecule has 1 aromatic rings.